The van der Waals surface area contributed by atoms with Crippen LogP contribution in [0.15, 0.2) is 291 Å². The van der Waals surface area contributed by atoms with Crippen LogP contribution in [0.3, 0.4) is 0 Å². The third kappa shape index (κ3) is 26.1. The van der Waals surface area contributed by atoms with E-state index in [1.165, 1.54) is 78.6 Å². The van der Waals surface area contributed by atoms with Gasteiger partial charge in [0.05, 0.1) is 54.1 Å². The molecule has 738 valence electrons. The molecule has 0 radical (unpaired) electrons. The lowest BCUT2D eigenvalue weighted by Crippen LogP contribution is -2.39. The van der Waals surface area contributed by atoms with Crippen molar-refractivity contribution in [3.63, 3.8) is 0 Å². The van der Waals surface area contributed by atoms with Crippen molar-refractivity contribution in [2.75, 3.05) is 0 Å². The maximum atomic E-state index is 13.5. The van der Waals surface area contributed by atoms with Crippen molar-refractivity contribution in [3.8, 4) is 0 Å². The summed E-state index contributed by atoms with van der Waals surface area (Å²) in [7, 11) is -8.92. The first-order valence-electron chi connectivity index (χ1n) is 47.9. The molecule has 0 amide bonds. The van der Waals surface area contributed by atoms with Crippen LogP contribution in [0.2, 0.25) is 118 Å². The van der Waals surface area contributed by atoms with Crippen molar-refractivity contribution in [2.45, 2.75) is 178 Å². The molecule has 11 aromatic carbocycles. The van der Waals surface area contributed by atoms with E-state index in [9.17, 15) is 67.5 Å². The Hall–Kier alpha value is -14.1. The van der Waals surface area contributed by atoms with Crippen molar-refractivity contribution in [1.82, 2.24) is 32.4 Å². The van der Waals surface area contributed by atoms with Crippen LogP contribution in [-0.4, -0.2) is 142 Å². The predicted octanol–water partition coefficient (Wildman–Crippen LogP) is 24.5. The van der Waals surface area contributed by atoms with Crippen LogP contribution in [-0.2, 0) is 39.3 Å². The van der Waals surface area contributed by atoms with Gasteiger partial charge < -0.3 is 52.9 Å². The molecular weight excluding hydrogens is 1890 g/mol. The highest BCUT2D eigenvalue weighted by atomic mass is 28.3. The Morgan fingerprint density at radius 1 is 0.252 bits per heavy atom. The maximum absolute atomic E-state index is 13.5. The number of carboxylic acid groups (broad SMARTS) is 5. The Morgan fingerprint density at radius 2 is 0.517 bits per heavy atom. The summed E-state index contributed by atoms with van der Waals surface area (Å²) in [5.74, 6) is -5.53. The topological polar surface area (TPSA) is 246 Å². The van der Waals surface area contributed by atoms with Crippen molar-refractivity contribution < 1.29 is 67.5 Å². The minimum Gasteiger partial charge on any atom is -0.477 e. The molecule has 143 heavy (non-hydrogen) atoms. The van der Waals surface area contributed by atoms with E-state index in [1.807, 2.05) is 88.0 Å². The zero-order chi connectivity index (χ0) is 104. The quantitative estimate of drug-likeness (QED) is 0.0280. The highest BCUT2D eigenvalue weighted by Crippen LogP contribution is 2.31. The minimum absolute atomic E-state index is 0.102. The zero-order valence-electron chi connectivity index (χ0n) is 85.4. The zero-order valence-corrected chi connectivity index (χ0v) is 91.4. The lowest BCUT2D eigenvalue weighted by molar-refractivity contribution is 0.0675. The maximum Gasteiger partial charge on any atom is 0.352 e. The monoisotopic (exact) mass is 2020 g/mol. The van der Waals surface area contributed by atoms with E-state index in [1.54, 1.807) is 87.6 Å². The molecule has 7 heterocycles. The fourth-order valence-electron chi connectivity index (χ4n) is 17.9. The molecule has 0 atom stereocenters. The number of carbonyl (C=O) groups is 6. The van der Waals surface area contributed by atoms with Gasteiger partial charge in [-0.25, -0.2) is 37.1 Å². The molecule has 18 nitrogen and oxygen atoms in total. The summed E-state index contributed by atoms with van der Waals surface area (Å²) in [6.45, 7) is 49.7. The first-order chi connectivity index (χ1) is 67.1. The lowest BCUT2D eigenvalue weighted by Gasteiger charge is -2.20. The minimum atomic E-state index is -1.67. The second kappa shape index (κ2) is 43.4. The van der Waals surface area contributed by atoms with Gasteiger partial charge in [-0.1, -0.05) is 319 Å². The fraction of sp³-hybridized carbons (Fsp3) is 0.233. The molecule has 27 heteroatoms. The van der Waals surface area contributed by atoms with Crippen LogP contribution in [0.25, 0.3) is 65.4 Å². The summed E-state index contributed by atoms with van der Waals surface area (Å²) < 4.78 is 51.7. The molecule has 7 aromatic heterocycles. The molecule has 0 fully saturated rings. The van der Waals surface area contributed by atoms with Gasteiger partial charge in [-0.3, -0.25) is 9.78 Å². The number of benzene rings is 11. The van der Waals surface area contributed by atoms with E-state index in [0.717, 1.165) is 104 Å². The normalized spacial score (nSPS) is 11.8. The van der Waals surface area contributed by atoms with Crippen molar-refractivity contribution in [2.24, 2.45) is 0 Å². The number of pyridine rings is 1. The van der Waals surface area contributed by atoms with Gasteiger partial charge in [0.2, 0.25) is 0 Å². The van der Waals surface area contributed by atoms with Crippen LogP contribution >= 0.6 is 0 Å². The number of fused-ring (bicyclic) bond motifs is 6. The van der Waals surface area contributed by atoms with Gasteiger partial charge in [0.1, 0.15) is 45.9 Å². The Labute approximate surface area is 840 Å². The van der Waals surface area contributed by atoms with E-state index in [0.29, 0.717) is 50.7 Å². The van der Waals surface area contributed by atoms with E-state index < -0.39 is 78.3 Å². The number of rotatable bonds is 24. The molecule has 0 spiro atoms. The summed E-state index contributed by atoms with van der Waals surface area (Å²) >= 11 is 0. The smallest absolute Gasteiger partial charge is 0.352 e. The summed E-state index contributed by atoms with van der Waals surface area (Å²) in [5, 5.41) is 61.7. The Bertz CT molecular complexity index is 7510. The number of nitrogens with zero attached hydrogens (tertiary/aromatic N) is 7. The van der Waals surface area contributed by atoms with E-state index in [-0.39, 0.29) is 40.3 Å². The molecule has 0 unspecified atom stereocenters. The number of halogens is 3. The van der Waals surface area contributed by atoms with Gasteiger partial charge in [-0.15, -0.1) is 0 Å². The number of aromatic carboxylic acids is 5. The van der Waals surface area contributed by atoms with Gasteiger partial charge in [0.25, 0.3) is 0 Å². The van der Waals surface area contributed by atoms with E-state index in [4.69, 9.17) is 0 Å². The Kier molecular flexibility index (Phi) is 32.2. The third-order valence-corrected chi connectivity index (χ3v) is 37.9. The lowest BCUT2D eigenvalue weighted by atomic mass is 10.1. The first kappa shape index (κ1) is 106. The second-order valence-electron chi connectivity index (χ2n) is 43.1. The number of carboxylic acids is 5. The number of ketones is 1. The molecule has 0 aliphatic heterocycles. The average Bonchev–Trinajstić information content (AvgIpc) is 1.58. The third-order valence-electron chi connectivity index (χ3n) is 25.7. The van der Waals surface area contributed by atoms with E-state index in [2.05, 4.69) is 250 Å². The highest BCUT2D eigenvalue weighted by molar-refractivity contribution is 6.91. The van der Waals surface area contributed by atoms with Crippen LogP contribution < -0.4 is 31.1 Å². The summed E-state index contributed by atoms with van der Waals surface area (Å²) in [6, 6.07) is 87.8. The number of hydrogen-bond donors (Lipinski definition) is 5. The summed E-state index contributed by atoms with van der Waals surface area (Å²) in [4.78, 5) is 74.6. The van der Waals surface area contributed by atoms with Crippen LogP contribution in [0.4, 0.5) is 13.2 Å². The number of aryl methyl sites for hydroxylation is 2. The van der Waals surface area contributed by atoms with Gasteiger partial charge in [0, 0.05) is 124 Å². The van der Waals surface area contributed by atoms with Gasteiger partial charge in [-0.05, 0) is 168 Å². The molecule has 0 saturated carbocycles. The molecule has 0 aliphatic rings. The van der Waals surface area contributed by atoms with Gasteiger partial charge in [0.15, 0.2) is 5.78 Å². The largest absolute Gasteiger partial charge is 0.477 e. The Balaban J connectivity index is 0.000000144. The molecule has 18 aromatic rings. The molecule has 0 aliphatic carbocycles. The number of carbonyl (C=O) groups excluding carboxylic acids is 1. The SMILES string of the molecule is CC(=O)c1cc2ccc([Si](C)(C)C)cc2n1Cc1ccncc1.C[Si](C)(C)c1ccc2c(c1)cc(C(=O)O)n2Cc1cccc(F)c1.C[Si](C)(C)c1ccc2cc(C(=O)O)n(Cc3cccc(F)c3)c2c1.C[Si](C)(C)c1cccc2cc(C(=O)O)n(Cc3cccc(F)c3)c12.Cc1cccc(Cn2c(C(=O)O)cc3cc([Si](C)(C)C)ccc32)c1.Cc1cccc(Cn2c(C(=O)O)cc3ccc([Si](C)(C)C)cc32)c1. The molecule has 0 bridgehead atoms. The molecular formula is C116H128F3N7O11Si6. The number of hydrogen-bond acceptors (Lipinski definition) is 7. The highest BCUT2D eigenvalue weighted by Gasteiger charge is 2.30. The molecule has 18 rings (SSSR count). The molecule has 5 N–H and O–H groups in total. The fourth-order valence-corrected chi connectivity index (χ4v) is 25.3. The summed E-state index contributed by atoms with van der Waals surface area (Å²) in [6.07, 6.45) is 3.59. The van der Waals surface area contributed by atoms with Gasteiger partial charge >= 0.3 is 29.8 Å². The summed E-state index contributed by atoms with van der Waals surface area (Å²) in [5.41, 5.74) is 16.0. The van der Waals surface area contributed by atoms with Crippen molar-refractivity contribution in [1.29, 1.82) is 0 Å². The molecule has 0 saturated heterocycles. The van der Waals surface area contributed by atoms with Crippen molar-refractivity contribution in [3.05, 3.63) is 388 Å². The number of para-hydroxylation sites is 1. The van der Waals surface area contributed by atoms with Crippen LogP contribution in [0, 0.1) is 31.3 Å². The average molecular weight is 2020 g/mol. The number of Topliss-reactive ketones (excluding diaryl/α,β-unsaturated/α-hetero) is 1. The second-order valence-corrected chi connectivity index (χ2v) is 73.5. The predicted molar refractivity (Wildman–Crippen MR) is 595 cm³/mol. The Morgan fingerprint density at radius 3 is 0.832 bits per heavy atom. The van der Waals surface area contributed by atoms with Crippen LogP contribution in [0.1, 0.15) is 114 Å². The first-order valence-corrected chi connectivity index (χ1v) is 68.9. The van der Waals surface area contributed by atoms with Crippen LogP contribution in [0.5, 0.6) is 0 Å². The standard InChI is InChI=1S/2C20H23NO2Si.3C19H20FNO2Si.C19H22N2OSi/c1-14-6-5-7-15(10-14)13-21-18-9-8-17(24(2,3)4)11-16(18)12-19(21)20(22)23;1-14-6-5-7-15(10-14)13-21-18-12-17(24(2,3)4)9-8-16(18)11-19(21)20(22)23;1-24(2,3)17-9-5-7-14-11-16(19(22)23)21(18(14)17)12-13-6-4-8-15(20)10-13;1-24(2,3)16-7-8-17-14(10-16)11-18(19(22)23)21(17)12-13-5-4-6-15(20)9-13;1-24(2,3)16-8-7-14-10-18(19(22)23)21(17(14)11-16)12-13-5-4-6-15(20)9-13;1-14(22)18-11-16-5-6-17(23(2,3)4)12-19(16)21(18)13-15-7-9-20-10-8-15/h2*5-12H,13H2,1-4H3,(H,22,23);3*4-11H,12H2,1-3H3,(H,22,23);5-12H,13H2,1-4H3. The van der Waals surface area contributed by atoms with Crippen molar-refractivity contribution >= 4 is 181 Å². The van der Waals surface area contributed by atoms with Gasteiger partial charge in [-0.2, -0.15) is 0 Å². The van der Waals surface area contributed by atoms with E-state index >= 15 is 0 Å². The number of aromatic nitrogens is 7.